The molecule has 0 spiro atoms. The van der Waals surface area contributed by atoms with E-state index in [4.69, 9.17) is 5.21 Å². The zero-order chi connectivity index (χ0) is 4.12. The summed E-state index contributed by atoms with van der Waals surface area (Å²) in [6, 6.07) is 0. The Hall–Kier alpha value is -0.770. The van der Waals surface area contributed by atoms with E-state index in [9.17, 15) is 0 Å². The lowest BCUT2D eigenvalue weighted by Gasteiger charge is -1.73. The molecule has 0 aliphatic heterocycles. The van der Waals surface area contributed by atoms with Crippen LogP contribution in [0.2, 0.25) is 0 Å². The SMILES string of the molecule is NOC=NO. The summed E-state index contributed by atoms with van der Waals surface area (Å²) in [7, 11) is 0. The lowest BCUT2D eigenvalue weighted by atomic mass is 11.5. The van der Waals surface area contributed by atoms with Gasteiger partial charge in [-0.15, -0.1) is 0 Å². The predicted octanol–water partition coefficient (Wildman–Crippen LogP) is -0.706. The fraction of sp³-hybridized carbons (Fsp3) is 0. The van der Waals surface area contributed by atoms with Crippen LogP contribution in [0.1, 0.15) is 0 Å². The Kier molecular flexibility index (Phi) is 2.73. The van der Waals surface area contributed by atoms with Crippen LogP contribution in [-0.2, 0) is 4.84 Å². The van der Waals surface area contributed by atoms with Crippen molar-refractivity contribution < 1.29 is 10.0 Å². The number of hydrogen-bond acceptors (Lipinski definition) is 4. The molecule has 4 heteroatoms. The molecule has 0 aliphatic rings. The van der Waals surface area contributed by atoms with Crippen LogP contribution in [0.3, 0.4) is 0 Å². The van der Waals surface area contributed by atoms with Gasteiger partial charge in [0.25, 0.3) is 0 Å². The Morgan fingerprint density at radius 3 is 2.60 bits per heavy atom. The van der Waals surface area contributed by atoms with Crippen molar-refractivity contribution in [2.45, 2.75) is 0 Å². The molecule has 5 heavy (non-hydrogen) atoms. The molecular formula is CH4N2O2. The Bertz CT molecular complexity index is 34.6. The number of nitrogens with zero attached hydrogens (tertiary/aromatic N) is 1. The number of oxime groups is 1. The molecule has 3 N–H and O–H groups in total. The third kappa shape index (κ3) is 3.23. The molecule has 0 radical (unpaired) electrons. The molecule has 0 aromatic rings. The molecule has 0 heterocycles. The summed E-state index contributed by atoms with van der Waals surface area (Å²) >= 11 is 0. The van der Waals surface area contributed by atoms with E-state index in [0.29, 0.717) is 6.40 Å². The van der Waals surface area contributed by atoms with Crippen LogP contribution in [0.25, 0.3) is 0 Å². The number of rotatable bonds is 1. The molecule has 0 unspecified atom stereocenters. The summed E-state index contributed by atoms with van der Waals surface area (Å²) in [4.78, 5) is 3.65. The maximum Gasteiger partial charge on any atom is 0.237 e. The average Bonchev–Trinajstić information content (AvgIpc) is 1.41. The van der Waals surface area contributed by atoms with Crippen LogP contribution in [0.15, 0.2) is 5.16 Å². The van der Waals surface area contributed by atoms with Gasteiger partial charge in [-0.2, -0.15) is 5.90 Å². The molecule has 30 valence electrons. The van der Waals surface area contributed by atoms with E-state index >= 15 is 0 Å². The number of nitrogens with two attached hydrogens (primary N) is 1. The zero-order valence-electron chi connectivity index (χ0n) is 2.46. The van der Waals surface area contributed by atoms with Crippen molar-refractivity contribution in [2.24, 2.45) is 11.1 Å². The predicted molar refractivity (Wildman–Crippen MR) is 15.6 cm³/mol. The first-order valence-corrected chi connectivity index (χ1v) is 0.930. The van der Waals surface area contributed by atoms with E-state index in [2.05, 4.69) is 15.9 Å². The van der Waals surface area contributed by atoms with Crippen molar-refractivity contribution in [2.75, 3.05) is 0 Å². The highest BCUT2D eigenvalue weighted by Crippen LogP contribution is 1.42. The van der Waals surface area contributed by atoms with Crippen molar-refractivity contribution in [1.29, 1.82) is 0 Å². The first-order valence-electron chi connectivity index (χ1n) is 0.930. The molecule has 0 amide bonds. The second-order valence-electron chi connectivity index (χ2n) is 0.357. The lowest BCUT2D eigenvalue weighted by Crippen LogP contribution is -1.93. The van der Waals surface area contributed by atoms with Gasteiger partial charge in [-0.05, 0) is 0 Å². The highest BCUT2D eigenvalue weighted by molar-refractivity contribution is 5.43. The fourth-order valence-electron chi connectivity index (χ4n) is 0.0272. The Morgan fingerprint density at radius 1 is 2.00 bits per heavy atom. The summed E-state index contributed by atoms with van der Waals surface area (Å²) in [5.41, 5.74) is 0. The molecule has 0 atom stereocenters. The summed E-state index contributed by atoms with van der Waals surface area (Å²) in [5.74, 6) is 4.33. The summed E-state index contributed by atoms with van der Waals surface area (Å²) in [5, 5.41) is 9.81. The number of hydrogen-bond donors (Lipinski definition) is 2. The molecule has 0 fully saturated rings. The second kappa shape index (κ2) is 3.23. The molecule has 0 bridgehead atoms. The third-order valence-electron chi connectivity index (χ3n) is 0.108. The van der Waals surface area contributed by atoms with Gasteiger partial charge in [0, 0.05) is 0 Å². The van der Waals surface area contributed by atoms with Crippen molar-refractivity contribution in [3.63, 3.8) is 0 Å². The van der Waals surface area contributed by atoms with Gasteiger partial charge in [0.1, 0.15) is 0 Å². The molecular weight excluding hydrogens is 72.0 g/mol. The van der Waals surface area contributed by atoms with Gasteiger partial charge >= 0.3 is 0 Å². The van der Waals surface area contributed by atoms with E-state index in [1.165, 1.54) is 0 Å². The minimum atomic E-state index is 0.708. The minimum absolute atomic E-state index is 0.708. The minimum Gasteiger partial charge on any atom is -0.408 e. The smallest absolute Gasteiger partial charge is 0.237 e. The average molecular weight is 76.1 g/mol. The zero-order valence-corrected chi connectivity index (χ0v) is 2.46. The normalized spacial score (nSPS) is 9.00. The molecule has 0 rings (SSSR count). The van der Waals surface area contributed by atoms with Crippen molar-refractivity contribution in [3.8, 4) is 0 Å². The van der Waals surface area contributed by atoms with Crippen LogP contribution in [0.5, 0.6) is 0 Å². The lowest BCUT2D eigenvalue weighted by molar-refractivity contribution is 0.274. The molecule has 4 nitrogen and oxygen atoms in total. The van der Waals surface area contributed by atoms with Crippen LogP contribution in [0.4, 0.5) is 0 Å². The summed E-state index contributed by atoms with van der Waals surface area (Å²) in [6.07, 6.45) is 0.708. The van der Waals surface area contributed by atoms with E-state index in [1.807, 2.05) is 0 Å². The van der Waals surface area contributed by atoms with E-state index < -0.39 is 0 Å². The van der Waals surface area contributed by atoms with Gasteiger partial charge in [0.15, 0.2) is 0 Å². The highest BCUT2D eigenvalue weighted by Gasteiger charge is 1.50. The molecule has 0 aliphatic carbocycles. The molecule has 0 saturated heterocycles. The summed E-state index contributed by atoms with van der Waals surface area (Å²) in [6.45, 7) is 0. The standard InChI is InChI=1S/CH4N2O2/c2-5-1-3-4/h1,4H,2H2. The fourth-order valence-corrected chi connectivity index (χ4v) is 0.0272. The van der Waals surface area contributed by atoms with Gasteiger partial charge in [0.2, 0.25) is 6.40 Å². The molecule has 0 aromatic carbocycles. The Balaban J connectivity index is 2.62. The third-order valence-corrected chi connectivity index (χ3v) is 0.108. The quantitative estimate of drug-likeness (QED) is 0.188. The second-order valence-corrected chi connectivity index (χ2v) is 0.357. The van der Waals surface area contributed by atoms with Gasteiger partial charge in [-0.1, -0.05) is 5.16 Å². The van der Waals surface area contributed by atoms with Gasteiger partial charge in [-0.3, -0.25) is 0 Å². The topological polar surface area (TPSA) is 67.8 Å². The van der Waals surface area contributed by atoms with E-state index in [1.54, 1.807) is 0 Å². The van der Waals surface area contributed by atoms with Gasteiger partial charge < -0.3 is 10.0 Å². The first-order chi connectivity index (χ1) is 2.41. The van der Waals surface area contributed by atoms with E-state index in [0.717, 1.165) is 0 Å². The van der Waals surface area contributed by atoms with Crippen LogP contribution < -0.4 is 5.90 Å². The monoisotopic (exact) mass is 76.0 g/mol. The Morgan fingerprint density at radius 2 is 2.60 bits per heavy atom. The van der Waals surface area contributed by atoms with Crippen LogP contribution >= 0.6 is 0 Å². The first kappa shape index (κ1) is 4.23. The summed E-state index contributed by atoms with van der Waals surface area (Å²) < 4.78 is 0. The molecule has 0 saturated carbocycles. The van der Waals surface area contributed by atoms with Crippen LogP contribution in [-0.4, -0.2) is 11.6 Å². The van der Waals surface area contributed by atoms with Crippen molar-refractivity contribution in [3.05, 3.63) is 0 Å². The highest BCUT2D eigenvalue weighted by atomic mass is 16.6. The van der Waals surface area contributed by atoms with Crippen molar-refractivity contribution in [1.82, 2.24) is 0 Å². The van der Waals surface area contributed by atoms with Gasteiger partial charge in [-0.25, -0.2) is 0 Å². The Labute approximate surface area is 28.8 Å². The van der Waals surface area contributed by atoms with E-state index in [-0.39, 0.29) is 0 Å². The van der Waals surface area contributed by atoms with Crippen molar-refractivity contribution >= 4 is 6.40 Å². The van der Waals surface area contributed by atoms with Gasteiger partial charge in [0.05, 0.1) is 0 Å². The largest absolute Gasteiger partial charge is 0.408 e. The molecule has 0 aromatic heterocycles. The van der Waals surface area contributed by atoms with Crippen LogP contribution in [0, 0.1) is 0 Å². The maximum absolute atomic E-state index is 7.43. The maximum atomic E-state index is 7.43.